The van der Waals surface area contributed by atoms with Crippen LogP contribution in [0.25, 0.3) is 0 Å². The zero-order valence-electron chi connectivity index (χ0n) is 24.6. The van der Waals surface area contributed by atoms with Crippen molar-refractivity contribution in [2.24, 2.45) is 0 Å². The topological polar surface area (TPSA) is 124 Å². The summed E-state index contributed by atoms with van der Waals surface area (Å²) < 4.78 is 23.9. The molecule has 0 bridgehead atoms. The Balaban J connectivity index is 1.73. The summed E-state index contributed by atoms with van der Waals surface area (Å²) in [5, 5.41) is 8.52. The molecule has 0 aromatic heterocycles. The number of hydrogen-bond donors (Lipinski definition) is 2. The second kappa shape index (κ2) is 16.7. The Morgan fingerprint density at radius 3 is 2.57 bits per heavy atom. The average Bonchev–Trinajstić information content (AvgIpc) is 2.96. The lowest BCUT2D eigenvalue weighted by Crippen LogP contribution is -2.76. The van der Waals surface area contributed by atoms with E-state index < -0.39 is 24.3 Å². The largest absolute Gasteiger partial charge is 0.445 e. The maximum absolute atomic E-state index is 13.7. The predicted octanol–water partition coefficient (Wildman–Crippen LogP) is 2.46. The van der Waals surface area contributed by atoms with Crippen LogP contribution < -0.4 is 10.6 Å². The summed E-state index contributed by atoms with van der Waals surface area (Å²) in [6.45, 7) is 7.74. The number of alkyl carbamates (subject to hydrolysis) is 1. The summed E-state index contributed by atoms with van der Waals surface area (Å²) in [5.74, 6) is -0.824. The molecule has 5 amide bonds. The van der Waals surface area contributed by atoms with Gasteiger partial charge >= 0.3 is 12.1 Å². The number of urea groups is 1. The molecule has 2 fully saturated rings. The molecule has 2 atom stereocenters. The highest BCUT2D eigenvalue weighted by atomic mass is 19.1. The first-order chi connectivity index (χ1) is 20.3. The normalized spacial score (nSPS) is 19.0. The lowest BCUT2D eigenvalue weighted by Gasteiger charge is -2.54. The van der Waals surface area contributed by atoms with Crippen molar-refractivity contribution in [3.63, 3.8) is 0 Å². The number of halogens is 1. The van der Waals surface area contributed by atoms with E-state index in [4.69, 9.17) is 9.47 Å². The van der Waals surface area contributed by atoms with E-state index in [1.165, 1.54) is 28.1 Å². The minimum absolute atomic E-state index is 0.0817. The van der Waals surface area contributed by atoms with Gasteiger partial charge in [-0.05, 0) is 43.4 Å². The van der Waals surface area contributed by atoms with Crippen LogP contribution in [0.1, 0.15) is 44.6 Å². The highest BCUT2D eigenvalue weighted by Gasteiger charge is 2.50. The van der Waals surface area contributed by atoms with Gasteiger partial charge in [0.05, 0.1) is 13.1 Å². The standard InChI is InChI=1S/C29H43FN6O6/c1-4-6-17-41-18-8-15-34-20-25-35(24(27(34)38)9-7-14-31-29(40)42-16-5-2)26(37)21-33(3)36(25)28(39)32-19-22-10-12-23(30)13-11-22/h5,10-13,24-25H,2,4,6-9,14-21H2,1,3H3,(H,31,40)(H,32,39)/t24-,25-/m0/s1. The molecule has 0 saturated carbocycles. The molecule has 2 aliphatic heterocycles. The molecule has 13 heteroatoms. The zero-order chi connectivity index (χ0) is 30.5. The number of unbranched alkanes of at least 4 members (excludes halogenated alkanes) is 1. The number of carbonyl (C=O) groups is 4. The Morgan fingerprint density at radius 2 is 1.86 bits per heavy atom. The molecule has 0 aliphatic carbocycles. The Morgan fingerprint density at radius 1 is 1.12 bits per heavy atom. The molecule has 2 heterocycles. The minimum Gasteiger partial charge on any atom is -0.445 e. The van der Waals surface area contributed by atoms with Gasteiger partial charge in [0, 0.05) is 39.9 Å². The summed E-state index contributed by atoms with van der Waals surface area (Å²) in [6.07, 6.45) is 3.47. The number of rotatable bonds is 15. The van der Waals surface area contributed by atoms with E-state index in [9.17, 15) is 23.6 Å². The molecule has 1 aromatic rings. The molecule has 0 radical (unpaired) electrons. The van der Waals surface area contributed by atoms with Crippen LogP contribution in [0.4, 0.5) is 14.0 Å². The third-order valence-corrected chi connectivity index (χ3v) is 7.12. The van der Waals surface area contributed by atoms with Gasteiger partial charge in [0.2, 0.25) is 11.8 Å². The number of piperazine rings is 1. The molecular weight excluding hydrogens is 547 g/mol. The fraction of sp³-hybridized carbons (Fsp3) is 0.586. The van der Waals surface area contributed by atoms with Crippen LogP contribution in [0.3, 0.4) is 0 Å². The zero-order valence-corrected chi connectivity index (χ0v) is 24.6. The van der Waals surface area contributed by atoms with Gasteiger partial charge in [-0.2, -0.15) is 0 Å². The Bertz CT molecular complexity index is 1070. The number of ether oxygens (including phenoxy) is 2. The molecule has 2 saturated heterocycles. The second-order valence-corrected chi connectivity index (χ2v) is 10.3. The number of amides is 5. The number of hydrogen-bond acceptors (Lipinski definition) is 7. The van der Waals surface area contributed by atoms with E-state index in [0.717, 1.165) is 18.4 Å². The van der Waals surface area contributed by atoms with Crippen molar-refractivity contribution in [1.82, 2.24) is 30.5 Å². The Hall–Kier alpha value is -3.71. The fourth-order valence-corrected chi connectivity index (χ4v) is 5.02. The van der Waals surface area contributed by atoms with Crippen LogP contribution in [0, 0.1) is 5.82 Å². The van der Waals surface area contributed by atoms with E-state index >= 15 is 0 Å². The van der Waals surface area contributed by atoms with Gasteiger partial charge in [-0.1, -0.05) is 38.1 Å². The van der Waals surface area contributed by atoms with Gasteiger partial charge in [-0.3, -0.25) is 9.59 Å². The van der Waals surface area contributed by atoms with Gasteiger partial charge in [0.25, 0.3) is 0 Å². The van der Waals surface area contributed by atoms with Crippen LogP contribution >= 0.6 is 0 Å². The Labute approximate surface area is 246 Å². The molecule has 2 aliphatic rings. The first kappa shape index (κ1) is 32.8. The number of fused-ring (bicyclic) bond motifs is 1. The fourth-order valence-electron chi connectivity index (χ4n) is 5.02. The number of hydrazine groups is 1. The number of benzene rings is 1. The van der Waals surface area contributed by atoms with Crippen molar-refractivity contribution < 1.29 is 33.0 Å². The van der Waals surface area contributed by atoms with E-state index in [2.05, 4.69) is 24.1 Å². The van der Waals surface area contributed by atoms with Crippen molar-refractivity contribution in [3.05, 3.63) is 48.3 Å². The number of nitrogens with one attached hydrogen (secondary N) is 2. The molecule has 1 aromatic carbocycles. The monoisotopic (exact) mass is 590 g/mol. The molecule has 3 rings (SSSR count). The summed E-state index contributed by atoms with van der Waals surface area (Å²) in [7, 11) is 1.66. The third kappa shape index (κ3) is 9.15. The van der Waals surface area contributed by atoms with Crippen LogP contribution in [-0.2, 0) is 25.6 Å². The highest BCUT2D eigenvalue weighted by molar-refractivity contribution is 5.91. The van der Waals surface area contributed by atoms with Gasteiger partial charge in [0.1, 0.15) is 24.6 Å². The molecule has 0 spiro atoms. The van der Waals surface area contributed by atoms with Crippen LogP contribution in [0.15, 0.2) is 36.9 Å². The van der Waals surface area contributed by atoms with E-state index in [1.54, 1.807) is 29.1 Å². The highest BCUT2D eigenvalue weighted by Crippen LogP contribution is 2.28. The van der Waals surface area contributed by atoms with Crippen molar-refractivity contribution in [2.75, 3.05) is 53.0 Å². The maximum Gasteiger partial charge on any atom is 0.407 e. The van der Waals surface area contributed by atoms with Crippen molar-refractivity contribution in [3.8, 4) is 0 Å². The quantitative estimate of drug-likeness (QED) is 0.238. The Kier molecular flexibility index (Phi) is 13.0. The average molecular weight is 591 g/mol. The smallest absolute Gasteiger partial charge is 0.407 e. The van der Waals surface area contributed by atoms with Crippen molar-refractivity contribution in [2.45, 2.75) is 57.8 Å². The third-order valence-electron chi connectivity index (χ3n) is 7.12. The van der Waals surface area contributed by atoms with Crippen molar-refractivity contribution in [1.29, 1.82) is 0 Å². The molecule has 12 nitrogen and oxygen atoms in total. The second-order valence-electron chi connectivity index (χ2n) is 10.3. The van der Waals surface area contributed by atoms with Crippen LogP contribution in [0.5, 0.6) is 0 Å². The molecule has 0 unspecified atom stereocenters. The van der Waals surface area contributed by atoms with Gasteiger partial charge in [-0.15, -0.1) is 0 Å². The lowest BCUT2D eigenvalue weighted by molar-refractivity contribution is -0.187. The first-order valence-electron chi connectivity index (χ1n) is 14.5. The summed E-state index contributed by atoms with van der Waals surface area (Å²) in [6, 6.07) is 4.59. The predicted molar refractivity (Wildman–Crippen MR) is 153 cm³/mol. The van der Waals surface area contributed by atoms with E-state index in [1.807, 2.05) is 0 Å². The number of nitrogens with zero attached hydrogens (tertiary/aromatic N) is 4. The van der Waals surface area contributed by atoms with Crippen LogP contribution in [-0.4, -0.2) is 109 Å². The van der Waals surface area contributed by atoms with E-state index in [-0.39, 0.29) is 50.4 Å². The SMILES string of the molecule is C=CCOC(=O)NCCC[C@H]1C(=O)N(CCCOCCCC)C[C@H]2N1C(=O)CN(C)N2C(=O)NCc1ccc(F)cc1. The maximum atomic E-state index is 13.7. The van der Waals surface area contributed by atoms with Crippen molar-refractivity contribution >= 4 is 23.9 Å². The minimum atomic E-state index is -0.802. The van der Waals surface area contributed by atoms with E-state index in [0.29, 0.717) is 39.0 Å². The number of carbonyl (C=O) groups excluding carboxylic acids is 4. The van der Waals surface area contributed by atoms with Gasteiger partial charge in [-0.25, -0.2) is 24.0 Å². The lowest BCUT2D eigenvalue weighted by atomic mass is 10.0. The number of likely N-dealkylation sites (N-methyl/N-ethyl adjacent to an activating group) is 1. The molecule has 2 N–H and O–H groups in total. The summed E-state index contributed by atoms with van der Waals surface area (Å²) in [4.78, 5) is 55.4. The van der Waals surface area contributed by atoms with Gasteiger partial charge in [0.15, 0.2) is 0 Å². The molecule has 232 valence electrons. The van der Waals surface area contributed by atoms with Crippen LogP contribution in [0.2, 0.25) is 0 Å². The molecular formula is C29H43FN6O6. The summed E-state index contributed by atoms with van der Waals surface area (Å²) >= 11 is 0. The van der Waals surface area contributed by atoms with Gasteiger partial charge < -0.3 is 29.9 Å². The summed E-state index contributed by atoms with van der Waals surface area (Å²) in [5.41, 5.74) is 0.720. The first-order valence-corrected chi connectivity index (χ1v) is 14.5. The molecule has 42 heavy (non-hydrogen) atoms.